The van der Waals surface area contributed by atoms with Gasteiger partial charge in [-0.25, -0.2) is 4.79 Å². The fourth-order valence-electron chi connectivity index (χ4n) is 11.8. The fourth-order valence-corrected chi connectivity index (χ4v) is 11.8. The van der Waals surface area contributed by atoms with Crippen LogP contribution in [0.5, 0.6) is 5.75 Å². The molecule has 0 bridgehead atoms. The average molecular weight is 605 g/mol. The number of aliphatic hydroxyl groups is 1. The second-order valence-corrected chi connectivity index (χ2v) is 17.3. The molecule has 44 heavy (non-hydrogen) atoms. The van der Waals surface area contributed by atoms with E-state index in [9.17, 15) is 15.0 Å². The summed E-state index contributed by atoms with van der Waals surface area (Å²) in [6.45, 7) is 23.3. The van der Waals surface area contributed by atoms with Gasteiger partial charge < -0.3 is 14.9 Å². The summed E-state index contributed by atoms with van der Waals surface area (Å²) >= 11 is 0. The Morgan fingerprint density at radius 3 is 2.16 bits per heavy atom. The number of carbonyl (C=O) groups is 1. The van der Waals surface area contributed by atoms with Crippen LogP contribution in [0.1, 0.15) is 125 Å². The van der Waals surface area contributed by atoms with Crippen molar-refractivity contribution in [1.29, 1.82) is 0 Å². The molecular weight excluding hydrogens is 544 g/mol. The molecule has 244 valence electrons. The van der Waals surface area contributed by atoms with Crippen LogP contribution in [0, 0.1) is 51.2 Å². The summed E-state index contributed by atoms with van der Waals surface area (Å²) in [5.41, 5.74) is 2.02. The molecule has 9 unspecified atom stereocenters. The van der Waals surface area contributed by atoms with Gasteiger partial charge in [0.05, 0.1) is 5.60 Å². The summed E-state index contributed by atoms with van der Waals surface area (Å²) in [6.07, 6.45) is 14.1. The Balaban J connectivity index is 1.30. The smallest absolute Gasteiger partial charge is 0.331 e. The minimum Gasteiger partial charge on any atom is -0.508 e. The van der Waals surface area contributed by atoms with Gasteiger partial charge in [0.15, 0.2) is 0 Å². The molecule has 0 aliphatic heterocycles. The number of rotatable bonds is 8. The molecule has 0 amide bonds. The van der Waals surface area contributed by atoms with Crippen molar-refractivity contribution in [3.05, 3.63) is 48.1 Å². The topological polar surface area (TPSA) is 66.8 Å². The van der Waals surface area contributed by atoms with E-state index in [1.807, 2.05) is 0 Å². The third-order valence-corrected chi connectivity index (χ3v) is 14.2. The maximum atomic E-state index is 13.0. The minimum absolute atomic E-state index is 0.0951. The van der Waals surface area contributed by atoms with Crippen molar-refractivity contribution in [3.8, 4) is 5.75 Å². The lowest BCUT2D eigenvalue weighted by Gasteiger charge is -2.69. The summed E-state index contributed by atoms with van der Waals surface area (Å²) < 4.78 is 6.19. The molecule has 4 fully saturated rings. The van der Waals surface area contributed by atoms with Crippen LogP contribution in [-0.2, 0) is 9.53 Å². The summed E-state index contributed by atoms with van der Waals surface area (Å²) in [7, 11) is 0. The molecule has 4 aliphatic carbocycles. The van der Waals surface area contributed by atoms with Gasteiger partial charge in [-0.3, -0.25) is 0 Å². The van der Waals surface area contributed by atoms with Gasteiger partial charge in [0.1, 0.15) is 11.9 Å². The number of fused-ring (bicyclic) bond motifs is 5. The van der Waals surface area contributed by atoms with Crippen LogP contribution in [0.25, 0.3) is 6.08 Å². The maximum Gasteiger partial charge on any atom is 0.331 e. The van der Waals surface area contributed by atoms with E-state index in [1.165, 1.54) is 43.8 Å². The number of phenols is 1. The number of ether oxygens (including phenoxy) is 1. The van der Waals surface area contributed by atoms with Crippen LogP contribution in [0.2, 0.25) is 0 Å². The molecule has 0 radical (unpaired) electrons. The molecule has 9 atom stereocenters. The van der Waals surface area contributed by atoms with Gasteiger partial charge >= 0.3 is 5.97 Å². The van der Waals surface area contributed by atoms with Crippen LogP contribution >= 0.6 is 0 Å². The van der Waals surface area contributed by atoms with E-state index in [4.69, 9.17) is 4.74 Å². The quantitative estimate of drug-likeness (QED) is 0.176. The lowest BCUT2D eigenvalue weighted by molar-refractivity contribution is -0.221. The molecule has 1 aromatic rings. The molecule has 0 aromatic heterocycles. The molecule has 4 heteroatoms. The number of hydrogen-bond acceptors (Lipinski definition) is 4. The van der Waals surface area contributed by atoms with Gasteiger partial charge in [-0.2, -0.15) is 0 Å². The molecule has 4 nitrogen and oxygen atoms in total. The lowest BCUT2D eigenvalue weighted by atomic mass is 9.36. The van der Waals surface area contributed by atoms with Gasteiger partial charge in [0.25, 0.3) is 0 Å². The van der Waals surface area contributed by atoms with Crippen LogP contribution in [-0.4, -0.2) is 27.9 Å². The standard InChI is InChI=1S/C40H60O4/c1-26(2)27(3)18-25-40(9,43)33-16-15-31-38(7)22-19-30-36(4,5)34(21-24-37(30,6)32(38)20-23-39(31,33)8)44-35(42)17-12-28-10-13-29(41)14-11-28/h10-14,17,26,30-34,41,43H,3,15-16,18-25H2,1-2,4-9H3. The fraction of sp³-hybridized carbons (Fsp3) is 0.725. The average Bonchev–Trinajstić information content (AvgIpc) is 3.32. The van der Waals surface area contributed by atoms with Crippen molar-refractivity contribution in [3.63, 3.8) is 0 Å². The summed E-state index contributed by atoms with van der Waals surface area (Å²) in [4.78, 5) is 13.0. The molecule has 5 rings (SSSR count). The molecule has 0 heterocycles. The molecule has 0 spiro atoms. The van der Waals surface area contributed by atoms with E-state index >= 15 is 0 Å². The van der Waals surface area contributed by atoms with Crippen molar-refractivity contribution in [2.45, 2.75) is 131 Å². The number of carbonyl (C=O) groups excluding carboxylic acids is 1. The largest absolute Gasteiger partial charge is 0.508 e. The lowest BCUT2D eigenvalue weighted by Crippen LogP contribution is -2.63. The third-order valence-electron chi connectivity index (χ3n) is 14.2. The van der Waals surface area contributed by atoms with Gasteiger partial charge in [0.2, 0.25) is 0 Å². The Bertz CT molecular complexity index is 1260. The summed E-state index contributed by atoms with van der Waals surface area (Å²) in [6, 6.07) is 6.84. The van der Waals surface area contributed by atoms with Crippen LogP contribution in [0.4, 0.5) is 0 Å². The van der Waals surface area contributed by atoms with E-state index in [1.54, 1.807) is 30.3 Å². The highest BCUT2D eigenvalue weighted by Gasteiger charge is 2.68. The molecule has 2 N–H and O–H groups in total. The number of phenolic OH excluding ortho intramolecular Hbond substituents is 1. The number of benzene rings is 1. The predicted molar refractivity (Wildman–Crippen MR) is 180 cm³/mol. The molecule has 4 aliphatic rings. The normalized spacial score (nSPS) is 39.3. The van der Waals surface area contributed by atoms with E-state index in [0.717, 1.165) is 37.7 Å². The molecule has 4 saturated carbocycles. The number of esters is 1. The van der Waals surface area contributed by atoms with Crippen LogP contribution in [0.15, 0.2) is 42.5 Å². The Morgan fingerprint density at radius 1 is 0.932 bits per heavy atom. The van der Waals surface area contributed by atoms with Crippen molar-refractivity contribution in [2.75, 3.05) is 0 Å². The molecular formula is C40H60O4. The monoisotopic (exact) mass is 604 g/mol. The first-order chi connectivity index (χ1) is 20.4. The van der Waals surface area contributed by atoms with Gasteiger partial charge in [-0.05, 0) is 141 Å². The SMILES string of the molecule is C=C(CCC(C)(O)C1CCC2C1(C)CCC1C3(C)CCC(OC(=O)C=Cc4ccc(O)cc4)C(C)(C)C3CCC21C)C(C)C. The zero-order chi connectivity index (χ0) is 32.3. The van der Waals surface area contributed by atoms with Gasteiger partial charge in [0, 0.05) is 11.5 Å². The summed E-state index contributed by atoms with van der Waals surface area (Å²) in [5, 5.41) is 21.5. The number of hydrogen-bond donors (Lipinski definition) is 2. The van der Waals surface area contributed by atoms with Crippen LogP contribution < -0.4 is 0 Å². The van der Waals surface area contributed by atoms with E-state index in [0.29, 0.717) is 29.6 Å². The highest BCUT2D eigenvalue weighted by molar-refractivity contribution is 5.87. The van der Waals surface area contributed by atoms with Crippen molar-refractivity contribution in [2.24, 2.45) is 51.2 Å². The highest BCUT2D eigenvalue weighted by Crippen LogP contribution is 2.74. The van der Waals surface area contributed by atoms with E-state index in [2.05, 4.69) is 62.0 Å². The zero-order valence-corrected chi connectivity index (χ0v) is 28.9. The maximum absolute atomic E-state index is 13.0. The van der Waals surface area contributed by atoms with Crippen molar-refractivity contribution in [1.82, 2.24) is 0 Å². The Morgan fingerprint density at radius 2 is 1.50 bits per heavy atom. The van der Waals surface area contributed by atoms with Crippen LogP contribution in [0.3, 0.4) is 0 Å². The second-order valence-electron chi connectivity index (χ2n) is 17.3. The van der Waals surface area contributed by atoms with Gasteiger partial charge in [-0.15, -0.1) is 0 Å². The minimum atomic E-state index is -0.660. The Labute approximate surface area is 267 Å². The van der Waals surface area contributed by atoms with Crippen molar-refractivity contribution < 1.29 is 19.7 Å². The summed E-state index contributed by atoms with van der Waals surface area (Å²) in [5.74, 6) is 2.53. The Hall–Kier alpha value is -2.07. The highest BCUT2D eigenvalue weighted by atomic mass is 16.5. The number of allylic oxidation sites excluding steroid dienone is 1. The van der Waals surface area contributed by atoms with Gasteiger partial charge in [-0.1, -0.05) is 72.8 Å². The zero-order valence-electron chi connectivity index (χ0n) is 28.9. The molecule has 1 aromatic carbocycles. The first-order valence-electron chi connectivity index (χ1n) is 17.5. The first-order valence-corrected chi connectivity index (χ1v) is 17.5. The Kier molecular flexibility index (Phi) is 8.80. The third kappa shape index (κ3) is 5.60. The number of aromatic hydroxyl groups is 1. The second kappa shape index (κ2) is 11.6. The predicted octanol–water partition coefficient (Wildman–Crippen LogP) is 9.75. The van der Waals surface area contributed by atoms with Crippen molar-refractivity contribution >= 4 is 12.0 Å². The molecule has 0 saturated heterocycles. The van der Waals surface area contributed by atoms with E-state index < -0.39 is 5.60 Å². The van der Waals surface area contributed by atoms with E-state index in [-0.39, 0.29) is 39.5 Å². The first kappa shape index (κ1) is 33.3.